The first-order valence-electron chi connectivity index (χ1n) is 24.3. The highest BCUT2D eigenvalue weighted by molar-refractivity contribution is 7.25. The van der Waals surface area contributed by atoms with Crippen molar-refractivity contribution in [1.82, 2.24) is 0 Å². The second-order valence-corrected chi connectivity index (χ2v) is 20.1. The number of thiophene rings is 1. The average Bonchev–Trinajstić information content (AvgIpc) is 4.15. The molecule has 2 heteroatoms. The monoisotopic (exact) mass is 905 g/mol. The molecule has 3 aliphatic rings. The van der Waals surface area contributed by atoms with Crippen LogP contribution in [0.2, 0.25) is 0 Å². The molecule has 0 radical (unpaired) electrons. The van der Waals surface area contributed by atoms with E-state index in [9.17, 15) is 0 Å². The molecule has 12 aromatic rings. The van der Waals surface area contributed by atoms with Gasteiger partial charge in [-0.15, -0.1) is 11.3 Å². The van der Waals surface area contributed by atoms with Crippen molar-refractivity contribution < 1.29 is 0 Å². The van der Waals surface area contributed by atoms with E-state index in [0.29, 0.717) is 0 Å². The molecule has 0 fully saturated rings. The topological polar surface area (TPSA) is 3.24 Å². The Labute approximate surface area is 411 Å². The van der Waals surface area contributed by atoms with Crippen molar-refractivity contribution in [2.45, 2.75) is 10.8 Å². The fraction of sp³-hybridized carbons (Fsp3) is 0.0294. The molecule has 70 heavy (non-hydrogen) atoms. The highest BCUT2D eigenvalue weighted by atomic mass is 32.1. The summed E-state index contributed by atoms with van der Waals surface area (Å²) in [7, 11) is 0. The van der Waals surface area contributed by atoms with Crippen molar-refractivity contribution in [3.8, 4) is 44.5 Å². The molecular weight excluding hydrogens is 863 g/mol. The molecule has 11 aromatic carbocycles. The number of hydrogen-bond donors (Lipinski definition) is 0. The molecule has 0 saturated carbocycles. The summed E-state index contributed by atoms with van der Waals surface area (Å²) in [5, 5.41) is 2.59. The summed E-state index contributed by atoms with van der Waals surface area (Å²) < 4.78 is 2.58. The quantitative estimate of drug-likeness (QED) is 0.161. The summed E-state index contributed by atoms with van der Waals surface area (Å²) in [4.78, 5) is 2.55. The lowest BCUT2D eigenvalue weighted by Crippen LogP contribution is -2.29. The van der Waals surface area contributed by atoms with E-state index < -0.39 is 10.8 Å². The zero-order chi connectivity index (χ0) is 46.0. The molecule has 1 heterocycles. The number of rotatable bonds is 6. The van der Waals surface area contributed by atoms with Crippen LogP contribution in [0.25, 0.3) is 64.7 Å². The third kappa shape index (κ3) is 5.21. The Hall–Kier alpha value is -8.56. The van der Waals surface area contributed by atoms with E-state index in [1.54, 1.807) is 0 Å². The standard InChI is InChI=1S/C68H43NS/c1-3-21-45(22-4-1)67(46-23-5-2-6-24-46)57-33-12-9-28-52(57)55-32-18-31-49(66(55)67)44-20-17-25-47(42-44)69(48-40-41-54-53-29-11-16-39-63(53)70-64(54)43-48)62-38-19-37-61-65(62)56-30-10-15-36-60(56)68(61)58-34-13-7-26-50(58)51-27-8-14-35-59(51)68/h1-43H. The molecule has 1 aromatic heterocycles. The van der Waals surface area contributed by atoms with Crippen LogP contribution >= 0.6 is 11.3 Å². The molecule has 3 aliphatic carbocycles. The highest BCUT2D eigenvalue weighted by Gasteiger charge is 2.52. The summed E-state index contributed by atoms with van der Waals surface area (Å²) in [6.07, 6.45) is 0. The van der Waals surface area contributed by atoms with E-state index in [0.717, 1.165) is 17.1 Å². The first kappa shape index (κ1) is 39.4. The number of nitrogens with zero attached hydrogens (tertiary/aromatic N) is 1. The van der Waals surface area contributed by atoms with E-state index in [1.807, 2.05) is 11.3 Å². The lowest BCUT2D eigenvalue weighted by molar-refractivity contribution is 0.770. The van der Waals surface area contributed by atoms with Gasteiger partial charge in [0.2, 0.25) is 0 Å². The minimum atomic E-state index is -0.543. The van der Waals surface area contributed by atoms with Crippen LogP contribution in [0.4, 0.5) is 17.1 Å². The summed E-state index contributed by atoms with van der Waals surface area (Å²) in [6.45, 7) is 0. The Morgan fingerprint density at radius 2 is 0.786 bits per heavy atom. The molecule has 326 valence electrons. The zero-order valence-electron chi connectivity index (χ0n) is 38.2. The fourth-order valence-corrected chi connectivity index (χ4v) is 14.3. The second-order valence-electron chi connectivity index (χ2n) is 19.0. The number of anilines is 3. The lowest BCUT2D eigenvalue weighted by atomic mass is 9.66. The third-order valence-corrected chi connectivity index (χ3v) is 16.9. The predicted molar refractivity (Wildman–Crippen MR) is 293 cm³/mol. The Kier molecular flexibility index (Phi) is 8.43. The molecule has 0 bridgehead atoms. The van der Waals surface area contributed by atoms with Gasteiger partial charge in [-0.2, -0.15) is 0 Å². The van der Waals surface area contributed by atoms with Crippen molar-refractivity contribution in [2.75, 3.05) is 4.90 Å². The summed E-state index contributed by atoms with van der Waals surface area (Å²) in [5.74, 6) is 0. The Morgan fingerprint density at radius 3 is 1.49 bits per heavy atom. The van der Waals surface area contributed by atoms with E-state index in [-0.39, 0.29) is 0 Å². The van der Waals surface area contributed by atoms with Crippen molar-refractivity contribution >= 4 is 48.6 Å². The average molecular weight is 906 g/mol. The van der Waals surface area contributed by atoms with Gasteiger partial charge in [0.1, 0.15) is 0 Å². The van der Waals surface area contributed by atoms with Crippen LogP contribution in [0, 0.1) is 0 Å². The van der Waals surface area contributed by atoms with E-state index in [2.05, 4.69) is 266 Å². The lowest BCUT2D eigenvalue weighted by Gasteiger charge is -2.35. The minimum Gasteiger partial charge on any atom is -0.310 e. The van der Waals surface area contributed by atoms with Gasteiger partial charge in [0.05, 0.1) is 16.5 Å². The largest absolute Gasteiger partial charge is 0.310 e. The Balaban J connectivity index is 1.00. The van der Waals surface area contributed by atoms with Crippen molar-refractivity contribution in [3.63, 3.8) is 0 Å². The van der Waals surface area contributed by atoms with Crippen LogP contribution in [0.1, 0.15) is 44.5 Å². The normalized spacial score (nSPS) is 13.9. The van der Waals surface area contributed by atoms with Gasteiger partial charge in [-0.05, 0) is 120 Å². The van der Waals surface area contributed by atoms with Gasteiger partial charge >= 0.3 is 0 Å². The summed E-state index contributed by atoms with van der Waals surface area (Å²) in [6, 6.07) is 98.1. The molecule has 0 atom stereocenters. The minimum absolute atomic E-state index is 0.462. The van der Waals surface area contributed by atoms with Gasteiger partial charge in [0, 0.05) is 37.1 Å². The van der Waals surface area contributed by atoms with E-state index in [4.69, 9.17) is 0 Å². The third-order valence-electron chi connectivity index (χ3n) is 15.8. The van der Waals surface area contributed by atoms with Gasteiger partial charge in [-0.25, -0.2) is 0 Å². The van der Waals surface area contributed by atoms with Crippen molar-refractivity contribution in [1.29, 1.82) is 0 Å². The highest BCUT2D eigenvalue weighted by Crippen LogP contribution is 2.65. The molecule has 0 N–H and O–H groups in total. The number of fused-ring (bicyclic) bond motifs is 16. The van der Waals surface area contributed by atoms with Crippen LogP contribution < -0.4 is 4.90 Å². The van der Waals surface area contributed by atoms with Crippen LogP contribution in [-0.2, 0) is 10.8 Å². The molecule has 15 rings (SSSR count). The van der Waals surface area contributed by atoms with Gasteiger partial charge < -0.3 is 4.90 Å². The molecule has 1 spiro atoms. The molecule has 0 aliphatic heterocycles. The van der Waals surface area contributed by atoms with E-state index in [1.165, 1.54) is 109 Å². The van der Waals surface area contributed by atoms with Gasteiger partial charge in [0.15, 0.2) is 0 Å². The molecular formula is C68H43NS. The van der Waals surface area contributed by atoms with Gasteiger partial charge in [-0.3, -0.25) is 0 Å². The van der Waals surface area contributed by atoms with Crippen LogP contribution in [0.15, 0.2) is 261 Å². The molecule has 0 saturated heterocycles. The fourth-order valence-electron chi connectivity index (χ4n) is 13.1. The van der Waals surface area contributed by atoms with Crippen molar-refractivity contribution in [3.05, 3.63) is 305 Å². The van der Waals surface area contributed by atoms with Crippen LogP contribution in [0.3, 0.4) is 0 Å². The van der Waals surface area contributed by atoms with Crippen LogP contribution in [0.5, 0.6) is 0 Å². The number of hydrogen-bond acceptors (Lipinski definition) is 2. The summed E-state index contributed by atoms with van der Waals surface area (Å²) in [5.41, 5.74) is 23.0. The first-order valence-corrected chi connectivity index (χ1v) is 25.2. The van der Waals surface area contributed by atoms with Crippen molar-refractivity contribution in [2.24, 2.45) is 0 Å². The zero-order valence-corrected chi connectivity index (χ0v) is 39.0. The smallest absolute Gasteiger partial charge is 0.0726 e. The first-order chi connectivity index (χ1) is 34.7. The number of benzene rings is 11. The predicted octanol–water partition coefficient (Wildman–Crippen LogP) is 17.9. The molecule has 1 nitrogen and oxygen atoms in total. The van der Waals surface area contributed by atoms with E-state index >= 15 is 0 Å². The molecule has 0 amide bonds. The van der Waals surface area contributed by atoms with Gasteiger partial charge in [0.25, 0.3) is 0 Å². The molecule has 0 unspecified atom stereocenters. The maximum atomic E-state index is 2.55. The SMILES string of the molecule is c1ccc(C2(c3ccccc3)c3ccccc3-c3cccc(-c4cccc(N(c5ccc6c(c5)sc5ccccc56)c5cccc6c5-c5ccccc5C65c6ccccc6-c6ccccc65)c4)c32)cc1. The van der Waals surface area contributed by atoms with Crippen LogP contribution in [-0.4, -0.2) is 0 Å². The maximum Gasteiger partial charge on any atom is 0.0726 e. The maximum absolute atomic E-state index is 2.55. The Bertz CT molecular complexity index is 4000. The summed E-state index contributed by atoms with van der Waals surface area (Å²) >= 11 is 1.87. The Morgan fingerprint density at radius 1 is 0.300 bits per heavy atom. The van der Waals surface area contributed by atoms with Gasteiger partial charge in [-0.1, -0.05) is 224 Å². The second kappa shape index (κ2) is 15.0.